The van der Waals surface area contributed by atoms with Gasteiger partial charge in [-0.15, -0.1) is 0 Å². The van der Waals surface area contributed by atoms with Gasteiger partial charge >= 0.3 is 5.97 Å². The third-order valence-electron chi connectivity index (χ3n) is 7.94. The second-order valence-electron chi connectivity index (χ2n) is 9.98. The van der Waals surface area contributed by atoms with E-state index in [4.69, 9.17) is 9.47 Å². The number of nitrogens with zero attached hydrogens (tertiary/aromatic N) is 2. The normalized spacial score (nSPS) is 28.3. The molecule has 5 atom stereocenters. The van der Waals surface area contributed by atoms with Crippen LogP contribution in [0.3, 0.4) is 0 Å². The molecule has 0 radical (unpaired) electrons. The maximum Gasteiger partial charge on any atom is 0.316 e. The molecule has 2 aliphatic carbocycles. The van der Waals surface area contributed by atoms with Crippen molar-refractivity contribution < 1.29 is 28.7 Å². The number of anilines is 2. The summed E-state index contributed by atoms with van der Waals surface area (Å²) in [5, 5.41) is 0. The lowest BCUT2D eigenvalue weighted by molar-refractivity contribution is -0.139. The van der Waals surface area contributed by atoms with E-state index in [9.17, 15) is 19.2 Å². The van der Waals surface area contributed by atoms with Crippen LogP contribution in [0.1, 0.15) is 18.4 Å². The van der Waals surface area contributed by atoms with E-state index in [-0.39, 0.29) is 54.4 Å². The highest BCUT2D eigenvalue weighted by molar-refractivity contribution is 6.23. The van der Waals surface area contributed by atoms with E-state index in [1.165, 1.54) is 4.90 Å². The fourth-order valence-corrected chi connectivity index (χ4v) is 6.16. The van der Waals surface area contributed by atoms with Crippen LogP contribution in [0.15, 0.2) is 54.6 Å². The van der Waals surface area contributed by atoms with Crippen molar-refractivity contribution >= 4 is 35.1 Å². The average Bonchev–Trinajstić information content (AvgIpc) is 3.64. The minimum atomic E-state index is -0.594. The van der Waals surface area contributed by atoms with Crippen LogP contribution in [0, 0.1) is 36.5 Å². The second-order valence-corrected chi connectivity index (χ2v) is 9.98. The Hall–Kier alpha value is -3.94. The number of carbonyl (C=O) groups excluding carboxylic acids is 4. The van der Waals surface area contributed by atoms with Gasteiger partial charge in [-0.3, -0.25) is 19.2 Å². The van der Waals surface area contributed by atoms with Crippen molar-refractivity contribution in [1.82, 2.24) is 0 Å². The van der Waals surface area contributed by atoms with Crippen molar-refractivity contribution in [2.75, 3.05) is 23.5 Å². The Labute approximate surface area is 208 Å². The molecule has 3 amide bonds. The van der Waals surface area contributed by atoms with Crippen molar-refractivity contribution in [3.63, 3.8) is 0 Å². The topological polar surface area (TPSA) is 93.2 Å². The zero-order valence-electron chi connectivity index (χ0n) is 20.0. The molecule has 2 aromatic carbocycles. The molecule has 0 unspecified atom stereocenters. The van der Waals surface area contributed by atoms with Crippen molar-refractivity contribution in [2.45, 2.75) is 19.8 Å². The first kappa shape index (κ1) is 22.5. The number of esters is 1. The van der Waals surface area contributed by atoms with Gasteiger partial charge in [-0.05, 0) is 73.2 Å². The molecule has 184 valence electrons. The minimum absolute atomic E-state index is 0.0673. The van der Waals surface area contributed by atoms with Gasteiger partial charge < -0.3 is 14.4 Å². The van der Waals surface area contributed by atoms with Crippen LogP contribution in [0.25, 0.3) is 0 Å². The van der Waals surface area contributed by atoms with Crippen LogP contribution in [0.4, 0.5) is 11.4 Å². The molecule has 0 N–H and O–H groups in total. The number of carbonyl (C=O) groups is 4. The van der Waals surface area contributed by atoms with E-state index in [1.807, 2.05) is 0 Å². The minimum Gasteiger partial charge on any atom is -0.497 e. The lowest BCUT2D eigenvalue weighted by Gasteiger charge is -2.20. The molecule has 2 bridgehead atoms. The monoisotopic (exact) mass is 486 g/mol. The number of amides is 3. The number of ether oxygens (including phenoxy) is 2. The highest BCUT2D eigenvalue weighted by Crippen LogP contribution is 2.53. The first-order chi connectivity index (χ1) is 17.4. The fourth-order valence-electron chi connectivity index (χ4n) is 6.16. The Kier molecular flexibility index (Phi) is 5.21. The highest BCUT2D eigenvalue weighted by atomic mass is 16.5. The van der Waals surface area contributed by atoms with E-state index in [1.54, 1.807) is 61.4 Å². The van der Waals surface area contributed by atoms with Gasteiger partial charge in [-0.2, -0.15) is 0 Å². The summed E-state index contributed by atoms with van der Waals surface area (Å²) in [6.07, 6.45) is 5.09. The van der Waals surface area contributed by atoms with Crippen molar-refractivity contribution in [2.24, 2.45) is 29.6 Å². The van der Waals surface area contributed by atoms with Crippen molar-refractivity contribution in [3.05, 3.63) is 60.2 Å². The Balaban J connectivity index is 1.14. The highest BCUT2D eigenvalue weighted by Gasteiger charge is 2.59. The summed E-state index contributed by atoms with van der Waals surface area (Å²) in [5.74, 6) is -0.745. The molecular weight excluding hydrogens is 460 g/mol. The van der Waals surface area contributed by atoms with Crippen LogP contribution in [-0.2, 0) is 19.2 Å². The molecule has 1 saturated carbocycles. The van der Waals surface area contributed by atoms with Gasteiger partial charge in [-0.1, -0.05) is 12.2 Å². The largest absolute Gasteiger partial charge is 0.497 e. The van der Waals surface area contributed by atoms with Gasteiger partial charge in [0, 0.05) is 18.7 Å². The molecule has 2 aliphatic heterocycles. The SMILES string of the molecule is COc1ccc(N2C[C@H](C(=O)Oc3ccc(N4C(=O)[C@@H]5[C@H](C4=O)[C@H]4C=C[C@H]5C4)c(C)c3)CC2=O)cc1. The molecule has 8 nitrogen and oxygen atoms in total. The number of rotatable bonds is 5. The number of imide groups is 1. The molecular formula is C28H26N2O6. The first-order valence-electron chi connectivity index (χ1n) is 12.2. The number of benzene rings is 2. The Morgan fingerprint density at radius 1 is 0.917 bits per heavy atom. The summed E-state index contributed by atoms with van der Waals surface area (Å²) in [7, 11) is 1.57. The predicted molar refractivity (Wildman–Crippen MR) is 130 cm³/mol. The smallest absolute Gasteiger partial charge is 0.316 e. The van der Waals surface area contributed by atoms with Gasteiger partial charge in [-0.25, -0.2) is 4.90 Å². The lowest BCUT2D eigenvalue weighted by atomic mass is 9.85. The number of fused-ring (bicyclic) bond motifs is 5. The Morgan fingerprint density at radius 2 is 1.56 bits per heavy atom. The zero-order chi connectivity index (χ0) is 25.1. The molecule has 2 saturated heterocycles. The molecule has 6 rings (SSSR count). The maximum absolute atomic E-state index is 13.1. The van der Waals surface area contributed by atoms with Crippen LogP contribution < -0.4 is 19.3 Å². The van der Waals surface area contributed by atoms with Crippen LogP contribution >= 0.6 is 0 Å². The van der Waals surface area contributed by atoms with Crippen molar-refractivity contribution in [3.8, 4) is 11.5 Å². The van der Waals surface area contributed by atoms with E-state index in [0.29, 0.717) is 28.4 Å². The molecule has 3 fully saturated rings. The first-order valence-corrected chi connectivity index (χ1v) is 12.2. The van der Waals surface area contributed by atoms with E-state index in [2.05, 4.69) is 12.2 Å². The third kappa shape index (κ3) is 3.43. The summed E-state index contributed by atoms with van der Waals surface area (Å²) in [6, 6.07) is 12.0. The molecule has 2 aromatic rings. The number of hydrogen-bond donors (Lipinski definition) is 0. The summed E-state index contributed by atoms with van der Waals surface area (Å²) in [6.45, 7) is 2.02. The summed E-state index contributed by atoms with van der Waals surface area (Å²) >= 11 is 0. The Morgan fingerprint density at radius 3 is 2.17 bits per heavy atom. The predicted octanol–water partition coefficient (Wildman–Crippen LogP) is 3.27. The average molecular weight is 487 g/mol. The van der Waals surface area contributed by atoms with Gasteiger partial charge in [0.05, 0.1) is 30.6 Å². The molecule has 4 aliphatic rings. The molecule has 2 heterocycles. The number of allylic oxidation sites excluding steroid dienone is 2. The maximum atomic E-state index is 13.1. The molecule has 36 heavy (non-hydrogen) atoms. The summed E-state index contributed by atoms with van der Waals surface area (Å²) in [5.41, 5.74) is 1.90. The number of hydrogen-bond acceptors (Lipinski definition) is 6. The van der Waals surface area contributed by atoms with E-state index in [0.717, 1.165) is 6.42 Å². The lowest BCUT2D eigenvalue weighted by Crippen LogP contribution is -2.33. The van der Waals surface area contributed by atoms with Gasteiger partial charge in [0.2, 0.25) is 17.7 Å². The van der Waals surface area contributed by atoms with E-state index < -0.39 is 11.9 Å². The zero-order valence-corrected chi connectivity index (χ0v) is 20.0. The van der Waals surface area contributed by atoms with Gasteiger partial charge in [0.1, 0.15) is 11.5 Å². The van der Waals surface area contributed by atoms with Crippen LogP contribution in [0.2, 0.25) is 0 Å². The number of methoxy groups -OCH3 is 1. The third-order valence-corrected chi connectivity index (χ3v) is 7.94. The standard InChI is InChI=1S/C28H26N2O6/c1-15-11-21(9-10-22(15)30-26(32)24-16-3-4-17(12-16)25(24)27(30)33)36-28(34)18-13-23(31)29(14-18)19-5-7-20(35-2)8-6-19/h3-11,16-18,24-25H,12-14H2,1-2H3/t16-,17-,18+,24-,25+/m0/s1. The Bertz CT molecular complexity index is 1290. The molecule has 0 spiro atoms. The van der Waals surface area contributed by atoms with Crippen molar-refractivity contribution in [1.29, 1.82) is 0 Å². The van der Waals surface area contributed by atoms with Gasteiger partial charge in [0.15, 0.2) is 0 Å². The van der Waals surface area contributed by atoms with Gasteiger partial charge in [0.25, 0.3) is 0 Å². The van der Waals surface area contributed by atoms with E-state index >= 15 is 0 Å². The fraction of sp³-hybridized carbons (Fsp3) is 0.357. The molecule has 8 heteroatoms. The molecule has 0 aromatic heterocycles. The second kappa shape index (κ2) is 8.33. The van der Waals surface area contributed by atoms with Crippen LogP contribution in [0.5, 0.6) is 11.5 Å². The number of aryl methyl sites for hydroxylation is 1. The van der Waals surface area contributed by atoms with Crippen LogP contribution in [-0.4, -0.2) is 37.3 Å². The summed E-state index contributed by atoms with van der Waals surface area (Å²) < 4.78 is 10.8. The quantitative estimate of drug-likeness (QED) is 0.279. The summed E-state index contributed by atoms with van der Waals surface area (Å²) in [4.78, 5) is 54.6.